The van der Waals surface area contributed by atoms with Gasteiger partial charge < -0.3 is 5.32 Å². The highest BCUT2D eigenvalue weighted by Crippen LogP contribution is 2.25. The van der Waals surface area contributed by atoms with Gasteiger partial charge in [0, 0.05) is 0 Å². The zero-order valence-electron chi connectivity index (χ0n) is 10.1. The summed E-state index contributed by atoms with van der Waals surface area (Å²) in [6.45, 7) is 6.03. The lowest BCUT2D eigenvalue weighted by molar-refractivity contribution is -0.115. The molecule has 1 heterocycles. The molecule has 1 fully saturated rings. The summed E-state index contributed by atoms with van der Waals surface area (Å²) in [5, 5.41) is 2.59. The van der Waals surface area contributed by atoms with E-state index in [1.165, 1.54) is 17.3 Å². The van der Waals surface area contributed by atoms with E-state index in [0.717, 1.165) is 5.56 Å². The van der Waals surface area contributed by atoms with Gasteiger partial charge in [0.05, 0.1) is 4.91 Å². The second-order valence-electron chi connectivity index (χ2n) is 3.26. The zero-order chi connectivity index (χ0) is 12.8. The first kappa shape index (κ1) is 13.9. The Hall–Kier alpha value is -1.13. The second-order valence-corrected chi connectivity index (χ2v) is 4.98. The standard InChI is InChI=1S/C11H9NOS2.C2H6/c1-7-2-4-8(5-3-7)6-9-10(13)12-11(14)15-9;1-2/h2-6H,1H3,(H,12,13,14);1-2H3/b9-6-;. The van der Waals surface area contributed by atoms with Crippen LogP contribution < -0.4 is 5.32 Å². The molecule has 1 amide bonds. The fraction of sp³-hybridized carbons (Fsp3) is 0.231. The topological polar surface area (TPSA) is 29.1 Å². The van der Waals surface area contributed by atoms with Crippen LogP contribution in [-0.4, -0.2) is 10.2 Å². The summed E-state index contributed by atoms with van der Waals surface area (Å²) >= 11 is 6.20. The monoisotopic (exact) mass is 265 g/mol. The largest absolute Gasteiger partial charge is 0.307 e. The SMILES string of the molecule is CC.Cc1ccc(/C=C2\SC(=S)NC2=O)cc1. The van der Waals surface area contributed by atoms with Crippen LogP contribution in [0.4, 0.5) is 0 Å². The van der Waals surface area contributed by atoms with E-state index in [-0.39, 0.29) is 5.91 Å². The van der Waals surface area contributed by atoms with Crippen LogP contribution in [0, 0.1) is 6.92 Å². The Morgan fingerprint density at radius 1 is 1.24 bits per heavy atom. The van der Waals surface area contributed by atoms with Crippen molar-refractivity contribution in [2.75, 3.05) is 0 Å². The van der Waals surface area contributed by atoms with Gasteiger partial charge in [0.2, 0.25) is 0 Å². The van der Waals surface area contributed by atoms with Crippen molar-refractivity contribution in [2.24, 2.45) is 0 Å². The van der Waals surface area contributed by atoms with Gasteiger partial charge in [-0.3, -0.25) is 4.79 Å². The number of nitrogens with one attached hydrogen (secondary N) is 1. The minimum atomic E-state index is -0.106. The van der Waals surface area contributed by atoms with Crippen LogP contribution in [0.1, 0.15) is 25.0 Å². The molecule has 4 heteroatoms. The van der Waals surface area contributed by atoms with Gasteiger partial charge in [-0.25, -0.2) is 0 Å². The summed E-state index contributed by atoms with van der Waals surface area (Å²) in [6, 6.07) is 8.00. The summed E-state index contributed by atoms with van der Waals surface area (Å²) < 4.78 is 0.526. The predicted octanol–water partition coefficient (Wildman–Crippen LogP) is 3.51. The van der Waals surface area contributed by atoms with E-state index >= 15 is 0 Å². The maximum absolute atomic E-state index is 11.4. The molecule has 1 aromatic rings. The number of thioether (sulfide) groups is 1. The molecule has 0 aromatic heterocycles. The lowest BCUT2D eigenvalue weighted by Crippen LogP contribution is -2.17. The molecule has 1 aromatic carbocycles. The fourth-order valence-electron chi connectivity index (χ4n) is 1.24. The Morgan fingerprint density at radius 3 is 2.29 bits per heavy atom. The van der Waals surface area contributed by atoms with Crippen molar-refractivity contribution >= 4 is 40.3 Å². The lowest BCUT2D eigenvalue weighted by atomic mass is 10.1. The minimum Gasteiger partial charge on any atom is -0.307 e. The number of rotatable bonds is 1. The first-order chi connectivity index (χ1) is 8.15. The molecule has 0 radical (unpaired) electrons. The smallest absolute Gasteiger partial charge is 0.263 e. The number of carbonyl (C=O) groups excluding carboxylic acids is 1. The number of hydrogen-bond donors (Lipinski definition) is 1. The summed E-state index contributed by atoms with van der Waals surface area (Å²) in [6.07, 6.45) is 1.85. The van der Waals surface area contributed by atoms with Gasteiger partial charge in [-0.15, -0.1) is 0 Å². The van der Waals surface area contributed by atoms with Gasteiger partial charge in [0.25, 0.3) is 5.91 Å². The van der Waals surface area contributed by atoms with Crippen LogP contribution >= 0.6 is 24.0 Å². The van der Waals surface area contributed by atoms with Crippen molar-refractivity contribution in [1.29, 1.82) is 0 Å². The van der Waals surface area contributed by atoms with E-state index in [2.05, 4.69) is 5.32 Å². The summed E-state index contributed by atoms with van der Waals surface area (Å²) in [4.78, 5) is 12.0. The molecule has 1 aliphatic heterocycles. The summed E-state index contributed by atoms with van der Waals surface area (Å²) in [5.74, 6) is -0.106. The highest BCUT2D eigenvalue weighted by Gasteiger charge is 2.21. The maximum atomic E-state index is 11.4. The Labute approximate surface area is 111 Å². The average molecular weight is 265 g/mol. The van der Waals surface area contributed by atoms with Crippen LogP contribution in [0.25, 0.3) is 6.08 Å². The molecule has 2 nitrogen and oxygen atoms in total. The molecule has 17 heavy (non-hydrogen) atoms. The molecule has 2 rings (SSSR count). The van der Waals surface area contributed by atoms with E-state index in [0.29, 0.717) is 9.23 Å². The van der Waals surface area contributed by atoms with Crippen LogP contribution in [0.15, 0.2) is 29.2 Å². The van der Waals surface area contributed by atoms with Crippen LogP contribution in [0.3, 0.4) is 0 Å². The van der Waals surface area contributed by atoms with Crippen molar-refractivity contribution in [2.45, 2.75) is 20.8 Å². The van der Waals surface area contributed by atoms with Gasteiger partial charge >= 0.3 is 0 Å². The van der Waals surface area contributed by atoms with E-state index in [4.69, 9.17) is 12.2 Å². The Balaban J connectivity index is 0.000000686. The molecule has 0 atom stereocenters. The number of carbonyl (C=O) groups is 1. The number of thiocarbonyl (C=S) groups is 1. The lowest BCUT2D eigenvalue weighted by Gasteiger charge is -1.95. The fourth-order valence-corrected chi connectivity index (χ4v) is 2.28. The van der Waals surface area contributed by atoms with Gasteiger partial charge in [0.1, 0.15) is 4.32 Å². The normalized spacial score (nSPS) is 16.5. The third-order valence-corrected chi connectivity index (χ3v) is 3.18. The highest BCUT2D eigenvalue weighted by molar-refractivity contribution is 8.26. The van der Waals surface area contributed by atoms with E-state index in [1.54, 1.807) is 0 Å². The molecule has 1 saturated heterocycles. The van der Waals surface area contributed by atoms with E-state index < -0.39 is 0 Å². The summed E-state index contributed by atoms with van der Waals surface area (Å²) in [5.41, 5.74) is 2.22. The number of benzene rings is 1. The second kappa shape index (κ2) is 6.57. The third-order valence-electron chi connectivity index (χ3n) is 2.02. The van der Waals surface area contributed by atoms with Crippen molar-refractivity contribution in [3.63, 3.8) is 0 Å². The molecule has 0 aliphatic carbocycles. The molecule has 1 N–H and O–H groups in total. The van der Waals surface area contributed by atoms with Gasteiger partial charge in [-0.05, 0) is 18.6 Å². The van der Waals surface area contributed by atoms with Crippen LogP contribution in [0.5, 0.6) is 0 Å². The minimum absolute atomic E-state index is 0.106. The number of hydrogen-bond acceptors (Lipinski definition) is 3. The summed E-state index contributed by atoms with van der Waals surface area (Å²) in [7, 11) is 0. The predicted molar refractivity (Wildman–Crippen MR) is 78.8 cm³/mol. The highest BCUT2D eigenvalue weighted by atomic mass is 32.2. The van der Waals surface area contributed by atoms with Crippen molar-refractivity contribution in [3.8, 4) is 0 Å². The first-order valence-corrected chi connectivity index (χ1v) is 6.69. The Morgan fingerprint density at radius 2 is 1.82 bits per heavy atom. The molecule has 0 unspecified atom stereocenters. The number of amides is 1. The van der Waals surface area contributed by atoms with E-state index in [1.807, 2.05) is 51.1 Å². The van der Waals surface area contributed by atoms with Gasteiger partial charge in [-0.2, -0.15) is 0 Å². The molecule has 0 bridgehead atoms. The molecular weight excluding hydrogens is 250 g/mol. The molecule has 0 spiro atoms. The average Bonchev–Trinajstić information content (AvgIpc) is 2.63. The Kier molecular flexibility index (Phi) is 5.38. The van der Waals surface area contributed by atoms with Crippen molar-refractivity contribution in [1.82, 2.24) is 5.32 Å². The van der Waals surface area contributed by atoms with Crippen LogP contribution in [-0.2, 0) is 4.79 Å². The van der Waals surface area contributed by atoms with Gasteiger partial charge in [0.15, 0.2) is 0 Å². The maximum Gasteiger partial charge on any atom is 0.263 e. The van der Waals surface area contributed by atoms with Gasteiger partial charge in [-0.1, -0.05) is 67.7 Å². The quantitative estimate of drug-likeness (QED) is 0.622. The van der Waals surface area contributed by atoms with Crippen molar-refractivity contribution in [3.05, 3.63) is 40.3 Å². The number of aryl methyl sites for hydroxylation is 1. The Bertz CT molecular complexity index is 449. The van der Waals surface area contributed by atoms with Crippen LogP contribution in [0.2, 0.25) is 0 Å². The third kappa shape index (κ3) is 3.98. The molecule has 0 saturated carbocycles. The first-order valence-electron chi connectivity index (χ1n) is 5.47. The molecular formula is C13H15NOS2. The zero-order valence-corrected chi connectivity index (χ0v) is 11.7. The van der Waals surface area contributed by atoms with Crippen molar-refractivity contribution < 1.29 is 4.79 Å². The molecule has 1 aliphatic rings. The van der Waals surface area contributed by atoms with E-state index in [9.17, 15) is 4.79 Å². The molecule has 90 valence electrons.